The van der Waals surface area contributed by atoms with Gasteiger partial charge in [-0.25, -0.2) is 4.39 Å². The molecule has 1 aromatic heterocycles. The van der Waals surface area contributed by atoms with E-state index in [2.05, 4.69) is 5.16 Å². The van der Waals surface area contributed by atoms with Crippen LogP contribution in [0.3, 0.4) is 0 Å². The third-order valence-electron chi connectivity index (χ3n) is 5.45. The second kappa shape index (κ2) is 10.2. The Hall–Kier alpha value is -4.13. The maximum atomic E-state index is 13.4. The largest absolute Gasteiger partial charge is 0.493 e. The summed E-state index contributed by atoms with van der Waals surface area (Å²) in [6, 6.07) is 20.7. The van der Waals surface area contributed by atoms with E-state index in [0.717, 1.165) is 16.7 Å². The van der Waals surface area contributed by atoms with E-state index in [1.807, 2.05) is 25.1 Å². The molecule has 0 aliphatic heterocycles. The smallest absolute Gasteiger partial charge is 0.254 e. The highest BCUT2D eigenvalue weighted by molar-refractivity contribution is 5.94. The molecule has 0 fully saturated rings. The number of benzene rings is 3. The number of carbonyl (C=O) groups is 1. The van der Waals surface area contributed by atoms with Crippen molar-refractivity contribution in [1.29, 1.82) is 0 Å². The van der Waals surface area contributed by atoms with Crippen LogP contribution < -0.4 is 9.47 Å². The fourth-order valence-electron chi connectivity index (χ4n) is 3.60. The predicted octanol–water partition coefficient (Wildman–Crippen LogP) is 5.65. The molecule has 0 radical (unpaired) electrons. The van der Waals surface area contributed by atoms with Gasteiger partial charge in [0.05, 0.1) is 20.8 Å². The summed E-state index contributed by atoms with van der Waals surface area (Å²) in [6.45, 7) is 2.49. The normalized spacial score (nSPS) is 10.7. The molecule has 0 saturated carbocycles. The SMILES string of the molecule is COc1ccc(-c2cc(CN(Cc3ccc(F)cc3)C(=O)c3ccc(C)cc3)no2)cc1OC. The number of rotatable bonds is 8. The Morgan fingerprint density at radius 1 is 0.912 bits per heavy atom. The van der Waals surface area contributed by atoms with Gasteiger partial charge in [-0.15, -0.1) is 0 Å². The van der Waals surface area contributed by atoms with Gasteiger partial charge in [0.25, 0.3) is 5.91 Å². The molecule has 4 aromatic rings. The number of methoxy groups -OCH3 is 2. The average Bonchev–Trinajstić information content (AvgIpc) is 3.33. The summed E-state index contributed by atoms with van der Waals surface area (Å²) in [6.07, 6.45) is 0. The minimum absolute atomic E-state index is 0.153. The van der Waals surface area contributed by atoms with Gasteiger partial charge in [0.15, 0.2) is 17.3 Å². The Balaban J connectivity index is 1.60. The number of hydrogen-bond donors (Lipinski definition) is 0. The number of aromatic nitrogens is 1. The van der Waals surface area contributed by atoms with Gasteiger partial charge < -0.3 is 18.9 Å². The van der Waals surface area contributed by atoms with E-state index >= 15 is 0 Å². The summed E-state index contributed by atoms with van der Waals surface area (Å²) in [5.41, 5.74) is 3.80. The van der Waals surface area contributed by atoms with E-state index in [-0.39, 0.29) is 18.3 Å². The molecule has 3 aromatic carbocycles. The van der Waals surface area contributed by atoms with Crippen molar-refractivity contribution < 1.29 is 23.2 Å². The lowest BCUT2D eigenvalue weighted by Crippen LogP contribution is -2.30. The molecule has 0 spiro atoms. The van der Waals surface area contributed by atoms with Crippen LogP contribution in [0.4, 0.5) is 4.39 Å². The first-order chi connectivity index (χ1) is 16.5. The van der Waals surface area contributed by atoms with Crippen LogP contribution in [0.5, 0.6) is 11.5 Å². The van der Waals surface area contributed by atoms with Crippen molar-refractivity contribution in [3.05, 3.63) is 101 Å². The molecule has 0 aliphatic rings. The molecule has 0 N–H and O–H groups in total. The van der Waals surface area contributed by atoms with Gasteiger partial charge in [0.2, 0.25) is 0 Å². The number of carbonyl (C=O) groups excluding carboxylic acids is 1. The standard InChI is InChI=1S/C27H25FN2O4/c1-18-4-8-20(9-5-18)27(31)30(16-19-6-11-22(28)12-7-19)17-23-15-25(34-29-23)21-10-13-24(32-2)26(14-21)33-3/h4-15H,16-17H2,1-3H3. The number of amides is 1. The molecule has 4 rings (SSSR count). The maximum Gasteiger partial charge on any atom is 0.254 e. The summed E-state index contributed by atoms with van der Waals surface area (Å²) in [5.74, 6) is 1.25. The van der Waals surface area contributed by atoms with Gasteiger partial charge in [-0.3, -0.25) is 4.79 Å². The van der Waals surface area contributed by atoms with Crippen molar-refractivity contribution in [2.75, 3.05) is 14.2 Å². The van der Waals surface area contributed by atoms with Crippen LogP contribution in [0, 0.1) is 12.7 Å². The quantitative estimate of drug-likeness (QED) is 0.340. The molecule has 6 nitrogen and oxygen atoms in total. The molecule has 1 amide bonds. The number of ether oxygens (including phenoxy) is 2. The van der Waals surface area contributed by atoms with Crippen molar-refractivity contribution >= 4 is 5.91 Å². The topological polar surface area (TPSA) is 64.8 Å². The Morgan fingerprint density at radius 3 is 2.29 bits per heavy atom. The van der Waals surface area contributed by atoms with Crippen molar-refractivity contribution in [3.63, 3.8) is 0 Å². The lowest BCUT2D eigenvalue weighted by molar-refractivity contribution is 0.0726. The number of hydrogen-bond acceptors (Lipinski definition) is 5. The van der Waals surface area contributed by atoms with Crippen LogP contribution in [-0.4, -0.2) is 30.2 Å². The molecular formula is C27H25FN2O4. The first kappa shape index (κ1) is 23.0. The highest BCUT2D eigenvalue weighted by atomic mass is 19.1. The number of nitrogens with zero attached hydrogens (tertiary/aromatic N) is 2. The first-order valence-electron chi connectivity index (χ1n) is 10.7. The van der Waals surface area contributed by atoms with Crippen LogP contribution in [0.15, 0.2) is 77.3 Å². The van der Waals surface area contributed by atoms with E-state index < -0.39 is 0 Å². The summed E-state index contributed by atoms with van der Waals surface area (Å²) in [7, 11) is 3.14. The van der Waals surface area contributed by atoms with Gasteiger partial charge in [-0.1, -0.05) is 35.0 Å². The van der Waals surface area contributed by atoms with Crippen LogP contribution in [0.1, 0.15) is 27.2 Å². The predicted molar refractivity (Wildman–Crippen MR) is 126 cm³/mol. The van der Waals surface area contributed by atoms with Crippen molar-refractivity contribution in [2.24, 2.45) is 0 Å². The zero-order chi connectivity index (χ0) is 24.1. The van der Waals surface area contributed by atoms with Crippen LogP contribution in [-0.2, 0) is 13.1 Å². The summed E-state index contributed by atoms with van der Waals surface area (Å²) in [5, 5.41) is 4.18. The van der Waals surface area contributed by atoms with Crippen molar-refractivity contribution in [3.8, 4) is 22.8 Å². The van der Waals surface area contributed by atoms with Crippen molar-refractivity contribution in [2.45, 2.75) is 20.0 Å². The zero-order valence-corrected chi connectivity index (χ0v) is 19.2. The Labute approximate surface area is 197 Å². The van der Waals surface area contributed by atoms with E-state index in [1.165, 1.54) is 12.1 Å². The van der Waals surface area contributed by atoms with Crippen LogP contribution in [0.25, 0.3) is 11.3 Å². The van der Waals surface area contributed by atoms with Crippen LogP contribution >= 0.6 is 0 Å². The van der Waals surface area contributed by atoms with Gasteiger partial charge >= 0.3 is 0 Å². The third kappa shape index (κ3) is 5.26. The van der Waals surface area contributed by atoms with E-state index in [1.54, 1.807) is 61.6 Å². The lowest BCUT2D eigenvalue weighted by atomic mass is 10.1. The zero-order valence-electron chi connectivity index (χ0n) is 19.2. The number of halogens is 1. The molecule has 0 aliphatic carbocycles. The Morgan fingerprint density at radius 2 is 1.62 bits per heavy atom. The van der Waals surface area contributed by atoms with Gasteiger partial charge in [-0.05, 0) is 55.0 Å². The monoisotopic (exact) mass is 460 g/mol. The van der Waals surface area contributed by atoms with Crippen LogP contribution in [0.2, 0.25) is 0 Å². The molecule has 34 heavy (non-hydrogen) atoms. The van der Waals surface area contributed by atoms with Gasteiger partial charge in [-0.2, -0.15) is 0 Å². The lowest BCUT2D eigenvalue weighted by Gasteiger charge is -2.22. The summed E-state index contributed by atoms with van der Waals surface area (Å²) < 4.78 is 29.6. The average molecular weight is 461 g/mol. The maximum absolute atomic E-state index is 13.4. The van der Waals surface area contributed by atoms with Gasteiger partial charge in [0, 0.05) is 23.7 Å². The molecule has 0 unspecified atom stereocenters. The fraction of sp³-hybridized carbons (Fsp3) is 0.185. The molecule has 0 bridgehead atoms. The highest BCUT2D eigenvalue weighted by Gasteiger charge is 2.19. The fourth-order valence-corrected chi connectivity index (χ4v) is 3.60. The van der Waals surface area contributed by atoms with Gasteiger partial charge in [0.1, 0.15) is 11.5 Å². The number of aryl methyl sites for hydroxylation is 1. The molecular weight excluding hydrogens is 435 g/mol. The van der Waals surface area contributed by atoms with E-state index in [9.17, 15) is 9.18 Å². The second-order valence-electron chi connectivity index (χ2n) is 7.91. The summed E-state index contributed by atoms with van der Waals surface area (Å²) >= 11 is 0. The minimum atomic E-state index is -0.323. The third-order valence-corrected chi connectivity index (χ3v) is 5.45. The Bertz CT molecular complexity index is 1270. The van der Waals surface area contributed by atoms with Crippen molar-refractivity contribution in [1.82, 2.24) is 10.1 Å². The minimum Gasteiger partial charge on any atom is -0.493 e. The molecule has 0 atom stereocenters. The van der Waals surface area contributed by atoms with E-state index in [4.69, 9.17) is 14.0 Å². The van der Waals surface area contributed by atoms with E-state index in [0.29, 0.717) is 35.1 Å². The second-order valence-corrected chi connectivity index (χ2v) is 7.91. The summed E-state index contributed by atoms with van der Waals surface area (Å²) in [4.78, 5) is 15.0. The molecule has 1 heterocycles. The molecule has 174 valence electrons. The molecule has 7 heteroatoms. The first-order valence-corrected chi connectivity index (χ1v) is 10.7. The molecule has 0 saturated heterocycles. The highest BCUT2D eigenvalue weighted by Crippen LogP contribution is 2.32. The Kier molecular flexibility index (Phi) is 6.92.